The molecule has 0 aliphatic carbocycles. The smallest absolute Gasteiger partial charge is 0.269 e. The largest absolute Gasteiger partial charge is 0.312 e. The lowest BCUT2D eigenvalue weighted by Gasteiger charge is -2.23. The summed E-state index contributed by atoms with van der Waals surface area (Å²) in [4.78, 5) is 10.1. The third kappa shape index (κ3) is 1.83. The van der Waals surface area contributed by atoms with Crippen molar-refractivity contribution in [3.8, 4) is 0 Å². The van der Waals surface area contributed by atoms with Crippen LogP contribution in [0.1, 0.15) is 17.0 Å². The summed E-state index contributed by atoms with van der Waals surface area (Å²) in [5.74, 6) is -0.172. The first-order valence-corrected chi connectivity index (χ1v) is 4.76. The van der Waals surface area contributed by atoms with Crippen LogP contribution in [0.3, 0.4) is 0 Å². The van der Waals surface area contributed by atoms with E-state index in [1.165, 1.54) is 12.1 Å². The number of alkyl halides is 1. The highest BCUT2D eigenvalue weighted by Gasteiger charge is 2.21. The molecule has 0 spiro atoms. The maximum atomic E-state index is 12.6. The number of nitrogens with zero attached hydrogens (tertiary/aromatic N) is 1. The lowest BCUT2D eigenvalue weighted by atomic mass is 9.91. The molecule has 1 heterocycles. The van der Waals surface area contributed by atoms with E-state index in [1.807, 2.05) is 0 Å². The Morgan fingerprint density at radius 3 is 3.07 bits per heavy atom. The van der Waals surface area contributed by atoms with Crippen LogP contribution in [0.2, 0.25) is 0 Å². The highest BCUT2D eigenvalue weighted by molar-refractivity contribution is 5.42. The van der Waals surface area contributed by atoms with Crippen LogP contribution >= 0.6 is 0 Å². The molecule has 0 amide bonds. The minimum Gasteiger partial charge on any atom is -0.312 e. The van der Waals surface area contributed by atoms with E-state index < -0.39 is 11.6 Å². The molecule has 80 valence electrons. The first-order valence-electron chi connectivity index (χ1n) is 4.76. The van der Waals surface area contributed by atoms with Crippen LogP contribution in [-0.4, -0.2) is 18.1 Å². The highest BCUT2D eigenvalue weighted by Crippen LogP contribution is 2.27. The summed E-state index contributed by atoms with van der Waals surface area (Å²) in [6.45, 7) is 0.743. The SMILES string of the molecule is O=[N+]([O-])c1ccc2c(c1)CNCC2CF. The molecular formula is C10H11FN2O2. The summed E-state index contributed by atoms with van der Waals surface area (Å²) < 4.78 is 12.6. The number of nitrogens with one attached hydrogen (secondary N) is 1. The van der Waals surface area contributed by atoms with Gasteiger partial charge >= 0.3 is 0 Å². The number of hydrogen-bond donors (Lipinski definition) is 1. The molecule has 0 saturated carbocycles. The van der Waals surface area contributed by atoms with Crippen molar-refractivity contribution in [2.75, 3.05) is 13.2 Å². The predicted octanol–water partition coefficient (Wildman–Crippen LogP) is 1.75. The second-order valence-corrected chi connectivity index (χ2v) is 3.62. The van der Waals surface area contributed by atoms with Gasteiger partial charge in [0.05, 0.1) is 11.6 Å². The summed E-state index contributed by atoms with van der Waals surface area (Å²) in [7, 11) is 0. The quantitative estimate of drug-likeness (QED) is 0.597. The van der Waals surface area contributed by atoms with Crippen molar-refractivity contribution in [2.45, 2.75) is 12.5 Å². The molecule has 1 unspecified atom stereocenters. The van der Waals surface area contributed by atoms with Crippen LogP contribution in [0.4, 0.5) is 10.1 Å². The van der Waals surface area contributed by atoms with Crippen LogP contribution in [0.15, 0.2) is 18.2 Å². The van der Waals surface area contributed by atoms with Gasteiger partial charge in [0, 0.05) is 31.1 Å². The number of halogens is 1. The Morgan fingerprint density at radius 1 is 1.60 bits per heavy atom. The standard InChI is InChI=1S/C10H11FN2O2/c11-4-8-6-12-5-7-3-9(13(14)15)1-2-10(7)8/h1-3,8,12H,4-6H2. The van der Waals surface area contributed by atoms with E-state index in [0.717, 1.165) is 11.1 Å². The lowest BCUT2D eigenvalue weighted by Crippen LogP contribution is -2.29. The molecule has 1 aliphatic heterocycles. The van der Waals surface area contributed by atoms with Crippen molar-refractivity contribution < 1.29 is 9.31 Å². The number of fused-ring (bicyclic) bond motifs is 1. The molecule has 4 nitrogen and oxygen atoms in total. The number of rotatable bonds is 2. The maximum absolute atomic E-state index is 12.6. The number of nitro groups is 1. The predicted molar refractivity (Wildman–Crippen MR) is 53.5 cm³/mol. The molecule has 1 atom stereocenters. The van der Waals surface area contributed by atoms with Crippen LogP contribution in [0, 0.1) is 10.1 Å². The van der Waals surface area contributed by atoms with Gasteiger partial charge in [0.1, 0.15) is 0 Å². The summed E-state index contributed by atoms with van der Waals surface area (Å²) >= 11 is 0. The fourth-order valence-electron chi connectivity index (χ4n) is 1.89. The van der Waals surface area contributed by atoms with Crippen molar-refractivity contribution >= 4 is 5.69 Å². The van der Waals surface area contributed by atoms with E-state index in [1.54, 1.807) is 6.07 Å². The minimum absolute atomic E-state index is 0.0649. The second kappa shape index (κ2) is 3.94. The Hall–Kier alpha value is -1.49. The van der Waals surface area contributed by atoms with E-state index in [2.05, 4.69) is 5.32 Å². The average molecular weight is 210 g/mol. The van der Waals surface area contributed by atoms with Crippen LogP contribution < -0.4 is 5.32 Å². The van der Waals surface area contributed by atoms with Gasteiger partial charge in [-0.2, -0.15) is 0 Å². The Balaban J connectivity index is 2.40. The fourth-order valence-corrected chi connectivity index (χ4v) is 1.89. The zero-order valence-corrected chi connectivity index (χ0v) is 8.07. The lowest BCUT2D eigenvalue weighted by molar-refractivity contribution is -0.384. The van der Waals surface area contributed by atoms with E-state index in [-0.39, 0.29) is 11.6 Å². The van der Waals surface area contributed by atoms with Gasteiger partial charge in [-0.15, -0.1) is 0 Å². The molecule has 2 rings (SSSR count). The minimum atomic E-state index is -0.433. The van der Waals surface area contributed by atoms with E-state index in [4.69, 9.17) is 0 Å². The molecule has 0 bridgehead atoms. The second-order valence-electron chi connectivity index (χ2n) is 3.62. The average Bonchev–Trinajstić information content (AvgIpc) is 2.27. The molecule has 1 aromatic rings. The molecule has 1 aromatic carbocycles. The van der Waals surface area contributed by atoms with Crippen molar-refractivity contribution in [1.29, 1.82) is 0 Å². The maximum Gasteiger partial charge on any atom is 0.269 e. The van der Waals surface area contributed by atoms with Crippen molar-refractivity contribution in [1.82, 2.24) is 5.32 Å². The monoisotopic (exact) mass is 210 g/mol. The molecular weight excluding hydrogens is 199 g/mol. The van der Waals surface area contributed by atoms with Gasteiger partial charge in [-0.05, 0) is 11.1 Å². The molecule has 15 heavy (non-hydrogen) atoms. The van der Waals surface area contributed by atoms with Gasteiger partial charge in [-0.25, -0.2) is 0 Å². The first-order chi connectivity index (χ1) is 7.22. The van der Waals surface area contributed by atoms with Gasteiger partial charge in [0.15, 0.2) is 0 Å². The topological polar surface area (TPSA) is 55.2 Å². The van der Waals surface area contributed by atoms with Crippen molar-refractivity contribution in [3.05, 3.63) is 39.4 Å². The van der Waals surface area contributed by atoms with Gasteiger partial charge in [-0.1, -0.05) is 6.07 Å². The molecule has 1 aliphatic rings. The summed E-state index contributed by atoms with van der Waals surface area (Å²) in [6, 6.07) is 4.62. The number of nitro benzene ring substituents is 1. The van der Waals surface area contributed by atoms with Crippen molar-refractivity contribution in [2.24, 2.45) is 0 Å². The first kappa shape index (κ1) is 10.0. The van der Waals surface area contributed by atoms with Gasteiger partial charge in [0.2, 0.25) is 0 Å². The van der Waals surface area contributed by atoms with Gasteiger partial charge in [0.25, 0.3) is 5.69 Å². The Morgan fingerprint density at radius 2 is 2.40 bits per heavy atom. The van der Waals surface area contributed by atoms with Gasteiger partial charge in [-0.3, -0.25) is 14.5 Å². The zero-order chi connectivity index (χ0) is 10.8. The van der Waals surface area contributed by atoms with Gasteiger partial charge < -0.3 is 5.32 Å². The number of benzene rings is 1. The Labute approximate surface area is 86.3 Å². The molecule has 0 radical (unpaired) electrons. The zero-order valence-electron chi connectivity index (χ0n) is 8.07. The summed E-state index contributed by atoms with van der Waals surface area (Å²) in [6.07, 6.45) is 0. The van der Waals surface area contributed by atoms with Crippen LogP contribution in [-0.2, 0) is 6.54 Å². The number of hydrogen-bond acceptors (Lipinski definition) is 3. The van der Waals surface area contributed by atoms with Crippen LogP contribution in [0.25, 0.3) is 0 Å². The molecule has 1 N–H and O–H groups in total. The molecule has 5 heteroatoms. The molecule has 0 saturated heterocycles. The summed E-state index contributed by atoms with van der Waals surface area (Å²) in [5, 5.41) is 13.6. The third-order valence-electron chi connectivity index (χ3n) is 2.67. The molecule has 0 fully saturated rings. The Kier molecular flexibility index (Phi) is 2.64. The highest BCUT2D eigenvalue weighted by atomic mass is 19.1. The van der Waals surface area contributed by atoms with E-state index >= 15 is 0 Å². The van der Waals surface area contributed by atoms with E-state index in [9.17, 15) is 14.5 Å². The Bertz CT molecular complexity index is 395. The normalized spacial score (nSPS) is 19.7. The van der Waals surface area contributed by atoms with E-state index in [0.29, 0.717) is 13.1 Å². The van der Waals surface area contributed by atoms with Crippen molar-refractivity contribution in [3.63, 3.8) is 0 Å². The number of non-ortho nitro benzene ring substituents is 1. The third-order valence-corrected chi connectivity index (χ3v) is 2.67. The fraction of sp³-hybridized carbons (Fsp3) is 0.400. The van der Waals surface area contributed by atoms with Crippen LogP contribution in [0.5, 0.6) is 0 Å². The molecule has 0 aromatic heterocycles. The summed E-state index contributed by atoms with van der Waals surface area (Å²) in [5.41, 5.74) is 1.79.